The average molecular weight is 196 g/mol. The van der Waals surface area contributed by atoms with E-state index in [1.807, 2.05) is 6.08 Å². The summed E-state index contributed by atoms with van der Waals surface area (Å²) in [4.78, 5) is 10.8. The normalized spacial score (nSPS) is 22.9. The number of esters is 1. The molecule has 0 aliphatic carbocycles. The Labute approximate surface area is 86.3 Å². The van der Waals surface area contributed by atoms with Gasteiger partial charge in [0, 0.05) is 6.08 Å². The summed E-state index contributed by atoms with van der Waals surface area (Å²) in [6, 6.07) is 0. The zero-order chi connectivity index (χ0) is 10.6. The van der Waals surface area contributed by atoms with Gasteiger partial charge in [-0.2, -0.15) is 0 Å². The first-order valence-electron chi connectivity index (χ1n) is 5.48. The summed E-state index contributed by atoms with van der Waals surface area (Å²) in [6.07, 6.45) is 7.05. The van der Waals surface area contributed by atoms with Crippen molar-refractivity contribution in [3.63, 3.8) is 0 Å². The van der Waals surface area contributed by atoms with Gasteiger partial charge >= 0.3 is 5.97 Å². The second kappa shape index (κ2) is 5.18. The first-order valence-corrected chi connectivity index (χ1v) is 5.48. The van der Waals surface area contributed by atoms with Crippen LogP contribution >= 0.6 is 0 Å². The van der Waals surface area contributed by atoms with Crippen molar-refractivity contribution in [3.05, 3.63) is 12.2 Å². The fourth-order valence-electron chi connectivity index (χ4n) is 1.70. The van der Waals surface area contributed by atoms with Crippen LogP contribution < -0.4 is 0 Å². The SMILES string of the molecule is CC(C)CCC[C@H](C)[C@H]1C=CC(=O)O1. The molecule has 0 saturated heterocycles. The van der Waals surface area contributed by atoms with E-state index in [4.69, 9.17) is 4.74 Å². The van der Waals surface area contributed by atoms with Crippen LogP contribution in [0, 0.1) is 11.8 Å². The fraction of sp³-hybridized carbons (Fsp3) is 0.750. The number of carbonyl (C=O) groups excluding carboxylic acids is 1. The van der Waals surface area contributed by atoms with Gasteiger partial charge in [0.2, 0.25) is 0 Å². The zero-order valence-corrected chi connectivity index (χ0v) is 9.32. The first kappa shape index (κ1) is 11.3. The quantitative estimate of drug-likeness (QED) is 0.632. The minimum atomic E-state index is -0.189. The van der Waals surface area contributed by atoms with Crippen LogP contribution in [0.5, 0.6) is 0 Å². The van der Waals surface area contributed by atoms with Gasteiger partial charge < -0.3 is 4.74 Å². The van der Waals surface area contributed by atoms with Crippen molar-refractivity contribution in [1.29, 1.82) is 0 Å². The Bertz CT molecular complexity index is 218. The highest BCUT2D eigenvalue weighted by Gasteiger charge is 2.22. The number of cyclic esters (lactones) is 1. The molecular weight excluding hydrogens is 176 g/mol. The van der Waals surface area contributed by atoms with Gasteiger partial charge in [0.25, 0.3) is 0 Å². The van der Waals surface area contributed by atoms with E-state index >= 15 is 0 Å². The summed E-state index contributed by atoms with van der Waals surface area (Å²) in [5, 5.41) is 0. The Morgan fingerprint density at radius 2 is 2.07 bits per heavy atom. The maximum Gasteiger partial charge on any atom is 0.331 e. The van der Waals surface area contributed by atoms with E-state index in [0.29, 0.717) is 5.92 Å². The summed E-state index contributed by atoms with van der Waals surface area (Å²) in [7, 11) is 0. The smallest absolute Gasteiger partial charge is 0.331 e. The predicted molar refractivity (Wildman–Crippen MR) is 56.9 cm³/mol. The summed E-state index contributed by atoms with van der Waals surface area (Å²) in [5.41, 5.74) is 0. The standard InChI is InChI=1S/C12H20O2/c1-9(2)5-4-6-10(3)11-7-8-12(13)14-11/h7-11H,4-6H2,1-3H3/t10-,11+/m0/s1. The molecule has 14 heavy (non-hydrogen) atoms. The van der Waals surface area contributed by atoms with Gasteiger partial charge in [-0.1, -0.05) is 33.6 Å². The summed E-state index contributed by atoms with van der Waals surface area (Å²) < 4.78 is 5.13. The van der Waals surface area contributed by atoms with Crippen molar-refractivity contribution < 1.29 is 9.53 Å². The van der Waals surface area contributed by atoms with Gasteiger partial charge in [-0.05, 0) is 24.3 Å². The highest BCUT2D eigenvalue weighted by molar-refractivity contribution is 5.84. The Hall–Kier alpha value is -0.790. The third-order valence-electron chi connectivity index (χ3n) is 2.68. The van der Waals surface area contributed by atoms with Crippen LogP contribution in [-0.2, 0) is 9.53 Å². The van der Waals surface area contributed by atoms with E-state index in [1.165, 1.54) is 18.9 Å². The average Bonchev–Trinajstić information content (AvgIpc) is 2.51. The molecule has 0 saturated carbocycles. The van der Waals surface area contributed by atoms with Crippen molar-refractivity contribution >= 4 is 5.97 Å². The molecule has 1 aliphatic heterocycles. The van der Waals surface area contributed by atoms with E-state index in [9.17, 15) is 4.79 Å². The molecule has 0 aromatic rings. The van der Waals surface area contributed by atoms with Gasteiger partial charge in [-0.25, -0.2) is 4.79 Å². The number of carbonyl (C=O) groups is 1. The molecule has 0 aromatic heterocycles. The Kier molecular flexibility index (Phi) is 4.18. The Morgan fingerprint density at radius 3 is 2.57 bits per heavy atom. The van der Waals surface area contributed by atoms with Gasteiger partial charge in [0.15, 0.2) is 0 Å². The largest absolute Gasteiger partial charge is 0.455 e. The highest BCUT2D eigenvalue weighted by atomic mass is 16.5. The summed E-state index contributed by atoms with van der Waals surface area (Å²) in [6.45, 7) is 6.62. The molecule has 0 N–H and O–H groups in total. The maximum atomic E-state index is 10.8. The molecule has 0 fully saturated rings. The molecule has 0 aromatic carbocycles. The highest BCUT2D eigenvalue weighted by Crippen LogP contribution is 2.21. The maximum absolute atomic E-state index is 10.8. The van der Waals surface area contributed by atoms with Gasteiger partial charge in [-0.15, -0.1) is 0 Å². The molecule has 0 bridgehead atoms. The van der Waals surface area contributed by atoms with E-state index in [0.717, 1.165) is 12.3 Å². The van der Waals surface area contributed by atoms with Gasteiger partial charge in [-0.3, -0.25) is 0 Å². The van der Waals surface area contributed by atoms with Crippen molar-refractivity contribution in [2.45, 2.75) is 46.1 Å². The topological polar surface area (TPSA) is 26.3 Å². The number of rotatable bonds is 5. The molecule has 0 radical (unpaired) electrons. The molecule has 0 amide bonds. The second-order valence-corrected chi connectivity index (χ2v) is 4.56. The Morgan fingerprint density at radius 1 is 1.36 bits per heavy atom. The van der Waals surface area contributed by atoms with Crippen molar-refractivity contribution in [1.82, 2.24) is 0 Å². The lowest BCUT2D eigenvalue weighted by molar-refractivity contribution is -0.140. The van der Waals surface area contributed by atoms with Crippen LogP contribution in [0.15, 0.2) is 12.2 Å². The van der Waals surface area contributed by atoms with E-state index < -0.39 is 0 Å². The summed E-state index contributed by atoms with van der Waals surface area (Å²) in [5.74, 6) is 1.03. The molecule has 1 aliphatic rings. The van der Waals surface area contributed by atoms with Crippen LogP contribution in [0.25, 0.3) is 0 Å². The van der Waals surface area contributed by atoms with Crippen LogP contribution in [-0.4, -0.2) is 12.1 Å². The first-order chi connectivity index (χ1) is 6.59. The number of ether oxygens (including phenoxy) is 1. The second-order valence-electron chi connectivity index (χ2n) is 4.56. The van der Waals surface area contributed by atoms with E-state index in [2.05, 4.69) is 20.8 Å². The fourth-order valence-corrected chi connectivity index (χ4v) is 1.70. The minimum absolute atomic E-state index is 0.0228. The van der Waals surface area contributed by atoms with E-state index in [-0.39, 0.29) is 12.1 Å². The van der Waals surface area contributed by atoms with Crippen molar-refractivity contribution in [2.24, 2.45) is 11.8 Å². The van der Waals surface area contributed by atoms with Crippen molar-refractivity contribution in [2.75, 3.05) is 0 Å². The van der Waals surface area contributed by atoms with Crippen molar-refractivity contribution in [3.8, 4) is 0 Å². The molecule has 0 unspecified atom stereocenters. The third-order valence-corrected chi connectivity index (χ3v) is 2.68. The van der Waals surface area contributed by atoms with E-state index in [1.54, 1.807) is 0 Å². The lowest BCUT2D eigenvalue weighted by atomic mass is 9.95. The number of hydrogen-bond acceptors (Lipinski definition) is 2. The molecule has 2 nitrogen and oxygen atoms in total. The summed E-state index contributed by atoms with van der Waals surface area (Å²) >= 11 is 0. The number of hydrogen-bond donors (Lipinski definition) is 0. The molecule has 0 spiro atoms. The molecule has 80 valence electrons. The van der Waals surface area contributed by atoms with Crippen LogP contribution in [0.2, 0.25) is 0 Å². The van der Waals surface area contributed by atoms with Gasteiger partial charge in [0.1, 0.15) is 6.10 Å². The van der Waals surface area contributed by atoms with Crippen LogP contribution in [0.1, 0.15) is 40.0 Å². The van der Waals surface area contributed by atoms with Gasteiger partial charge in [0.05, 0.1) is 0 Å². The lowest BCUT2D eigenvalue weighted by Crippen LogP contribution is -2.17. The monoisotopic (exact) mass is 196 g/mol. The molecule has 1 heterocycles. The molecule has 2 atom stereocenters. The predicted octanol–water partition coefficient (Wildman–Crippen LogP) is 2.93. The van der Waals surface area contributed by atoms with Crippen LogP contribution in [0.3, 0.4) is 0 Å². The zero-order valence-electron chi connectivity index (χ0n) is 9.32. The van der Waals surface area contributed by atoms with Crippen LogP contribution in [0.4, 0.5) is 0 Å². The molecule has 1 rings (SSSR count). The lowest BCUT2D eigenvalue weighted by Gasteiger charge is -2.17. The third kappa shape index (κ3) is 3.52. The molecular formula is C12H20O2. The Balaban J connectivity index is 2.19. The molecule has 2 heteroatoms. The minimum Gasteiger partial charge on any atom is -0.455 e.